The zero-order valence-electron chi connectivity index (χ0n) is 15.0. The van der Waals surface area contributed by atoms with Crippen molar-refractivity contribution in [2.75, 3.05) is 19.5 Å². The van der Waals surface area contributed by atoms with E-state index in [0.717, 1.165) is 0 Å². The molecule has 0 aromatic heterocycles. The molecule has 152 valence electrons. The molecule has 0 radical (unpaired) electrons. The summed E-state index contributed by atoms with van der Waals surface area (Å²) in [6.45, 7) is 1.39. The summed E-state index contributed by atoms with van der Waals surface area (Å²) in [4.78, 5) is 12.3. The number of hydrogen-bond acceptors (Lipinski definition) is 5. The summed E-state index contributed by atoms with van der Waals surface area (Å²) in [5, 5.41) is 3.09. The van der Waals surface area contributed by atoms with Crippen molar-refractivity contribution in [2.45, 2.75) is 17.9 Å². The van der Waals surface area contributed by atoms with Crippen molar-refractivity contribution in [3.63, 3.8) is 0 Å². The van der Waals surface area contributed by atoms with Crippen molar-refractivity contribution in [1.82, 2.24) is 4.72 Å². The predicted octanol–water partition coefficient (Wildman–Crippen LogP) is 3.97. The summed E-state index contributed by atoms with van der Waals surface area (Å²) < 4.78 is 37.6. The zero-order valence-corrected chi connectivity index (χ0v) is 18.1. The van der Waals surface area contributed by atoms with Crippen molar-refractivity contribution in [3.8, 4) is 11.5 Å². The van der Waals surface area contributed by atoms with Crippen LogP contribution in [0.15, 0.2) is 35.2 Å². The minimum absolute atomic E-state index is 0.0858. The molecule has 2 rings (SSSR count). The number of sulfonamides is 1. The standard InChI is InChI=1S/C17H17Cl3N2O5S/c1-9(17(23)21-14-8-12(19)11(18)7-13(14)20)22-28(24,25)10-4-5-15(26-2)16(6-10)27-3/h4-9,22H,1-3H3,(H,21,23). The van der Waals surface area contributed by atoms with Crippen LogP contribution >= 0.6 is 34.8 Å². The van der Waals surface area contributed by atoms with Crippen molar-refractivity contribution in [3.05, 3.63) is 45.4 Å². The first-order valence-electron chi connectivity index (χ1n) is 7.78. The molecule has 1 amide bonds. The van der Waals surface area contributed by atoms with Gasteiger partial charge in [0.25, 0.3) is 0 Å². The molecule has 1 atom stereocenters. The van der Waals surface area contributed by atoms with E-state index in [2.05, 4.69) is 10.0 Å². The van der Waals surface area contributed by atoms with Gasteiger partial charge in [0.2, 0.25) is 15.9 Å². The highest BCUT2D eigenvalue weighted by Gasteiger charge is 2.24. The SMILES string of the molecule is COc1ccc(S(=O)(=O)NC(C)C(=O)Nc2cc(Cl)c(Cl)cc2Cl)cc1OC. The van der Waals surface area contributed by atoms with E-state index in [-0.39, 0.29) is 31.4 Å². The number of amides is 1. The Kier molecular flexibility index (Phi) is 7.41. The second kappa shape index (κ2) is 9.19. The molecule has 2 aromatic carbocycles. The Labute approximate surface area is 177 Å². The molecule has 0 fully saturated rings. The van der Waals surface area contributed by atoms with Gasteiger partial charge in [-0.2, -0.15) is 4.72 Å². The summed E-state index contributed by atoms with van der Waals surface area (Å²) in [5.41, 5.74) is 0.207. The molecule has 0 aliphatic rings. The third-order valence-corrected chi connectivity index (χ3v) is 6.23. The van der Waals surface area contributed by atoms with Crippen LogP contribution in [-0.2, 0) is 14.8 Å². The highest BCUT2D eigenvalue weighted by Crippen LogP contribution is 2.32. The van der Waals surface area contributed by atoms with Gasteiger partial charge in [-0.05, 0) is 31.2 Å². The van der Waals surface area contributed by atoms with Gasteiger partial charge in [0.05, 0.1) is 45.9 Å². The maximum atomic E-state index is 12.6. The number of nitrogens with one attached hydrogen (secondary N) is 2. The van der Waals surface area contributed by atoms with Gasteiger partial charge in [0.15, 0.2) is 11.5 Å². The number of halogens is 3. The summed E-state index contributed by atoms with van der Waals surface area (Å²) in [5.74, 6) is -0.0177. The van der Waals surface area contributed by atoms with Gasteiger partial charge in [-0.3, -0.25) is 4.79 Å². The molecule has 28 heavy (non-hydrogen) atoms. The lowest BCUT2D eigenvalue weighted by Gasteiger charge is -2.16. The van der Waals surface area contributed by atoms with E-state index in [4.69, 9.17) is 44.3 Å². The van der Waals surface area contributed by atoms with Gasteiger partial charge < -0.3 is 14.8 Å². The predicted molar refractivity (Wildman–Crippen MR) is 109 cm³/mol. The fourth-order valence-corrected chi connectivity index (χ4v) is 4.01. The van der Waals surface area contributed by atoms with E-state index >= 15 is 0 Å². The molecule has 2 N–H and O–H groups in total. The van der Waals surface area contributed by atoms with E-state index in [1.807, 2.05) is 0 Å². The van der Waals surface area contributed by atoms with Gasteiger partial charge in [-0.25, -0.2) is 8.42 Å². The second-order valence-electron chi connectivity index (χ2n) is 5.60. The molecule has 11 heteroatoms. The number of rotatable bonds is 7. The average Bonchev–Trinajstić information content (AvgIpc) is 2.64. The van der Waals surface area contributed by atoms with E-state index in [1.54, 1.807) is 0 Å². The number of ether oxygens (including phenoxy) is 2. The van der Waals surface area contributed by atoms with E-state index in [9.17, 15) is 13.2 Å². The topological polar surface area (TPSA) is 93.7 Å². The maximum absolute atomic E-state index is 12.6. The monoisotopic (exact) mass is 466 g/mol. The largest absolute Gasteiger partial charge is 0.493 e. The Balaban J connectivity index is 2.18. The van der Waals surface area contributed by atoms with Gasteiger partial charge in [-0.15, -0.1) is 0 Å². The van der Waals surface area contributed by atoms with Crippen molar-refractivity contribution in [1.29, 1.82) is 0 Å². The Morgan fingerprint density at radius 2 is 1.57 bits per heavy atom. The van der Waals surface area contributed by atoms with Crippen LogP contribution in [0.4, 0.5) is 5.69 Å². The Bertz CT molecular complexity index is 999. The van der Waals surface area contributed by atoms with E-state index in [0.29, 0.717) is 5.75 Å². The Hall–Kier alpha value is -1.71. The first-order chi connectivity index (χ1) is 13.1. The fraction of sp³-hybridized carbons (Fsp3) is 0.235. The molecular formula is C17H17Cl3N2O5S. The average molecular weight is 468 g/mol. The fourth-order valence-electron chi connectivity index (χ4n) is 2.20. The number of methoxy groups -OCH3 is 2. The molecule has 0 heterocycles. The number of carbonyl (C=O) groups excluding carboxylic acids is 1. The van der Waals surface area contributed by atoms with Gasteiger partial charge in [-0.1, -0.05) is 34.8 Å². The minimum atomic E-state index is -4.01. The molecule has 0 aliphatic carbocycles. The molecule has 1 unspecified atom stereocenters. The van der Waals surface area contributed by atoms with Crippen LogP contribution in [-0.4, -0.2) is 34.6 Å². The van der Waals surface area contributed by atoms with Crippen LogP contribution in [0.25, 0.3) is 0 Å². The molecule has 7 nitrogen and oxygen atoms in total. The summed E-state index contributed by atoms with van der Waals surface area (Å²) >= 11 is 17.8. The Morgan fingerprint density at radius 1 is 0.964 bits per heavy atom. The normalized spacial score (nSPS) is 12.4. The van der Waals surface area contributed by atoms with E-state index in [1.165, 1.54) is 51.5 Å². The summed E-state index contributed by atoms with van der Waals surface area (Å²) in [6.07, 6.45) is 0. The second-order valence-corrected chi connectivity index (χ2v) is 8.53. The Morgan fingerprint density at radius 3 is 2.18 bits per heavy atom. The lowest BCUT2D eigenvalue weighted by molar-refractivity contribution is -0.117. The van der Waals surface area contributed by atoms with Crippen LogP contribution in [0.3, 0.4) is 0 Å². The van der Waals surface area contributed by atoms with Crippen LogP contribution in [0.2, 0.25) is 15.1 Å². The van der Waals surface area contributed by atoms with Gasteiger partial charge in [0, 0.05) is 6.07 Å². The highest BCUT2D eigenvalue weighted by atomic mass is 35.5. The van der Waals surface area contributed by atoms with Crippen molar-refractivity contribution >= 4 is 56.4 Å². The van der Waals surface area contributed by atoms with Crippen LogP contribution in [0, 0.1) is 0 Å². The number of hydrogen-bond donors (Lipinski definition) is 2. The maximum Gasteiger partial charge on any atom is 0.242 e. The number of benzene rings is 2. The smallest absolute Gasteiger partial charge is 0.242 e. The molecular weight excluding hydrogens is 451 g/mol. The molecule has 0 saturated heterocycles. The van der Waals surface area contributed by atoms with Gasteiger partial charge in [0.1, 0.15) is 0 Å². The molecule has 0 bridgehead atoms. The van der Waals surface area contributed by atoms with E-state index < -0.39 is 22.0 Å². The van der Waals surface area contributed by atoms with Crippen LogP contribution in [0.5, 0.6) is 11.5 Å². The number of anilines is 1. The first kappa shape index (κ1) is 22.6. The van der Waals surface area contributed by atoms with Gasteiger partial charge >= 0.3 is 0 Å². The van der Waals surface area contributed by atoms with Crippen LogP contribution in [0.1, 0.15) is 6.92 Å². The number of carbonyl (C=O) groups is 1. The molecule has 0 aliphatic heterocycles. The third kappa shape index (κ3) is 5.21. The molecule has 0 spiro atoms. The quantitative estimate of drug-likeness (QED) is 0.601. The molecule has 2 aromatic rings. The highest BCUT2D eigenvalue weighted by molar-refractivity contribution is 7.89. The van der Waals surface area contributed by atoms with Crippen LogP contribution < -0.4 is 19.5 Å². The summed E-state index contributed by atoms with van der Waals surface area (Å²) in [7, 11) is -1.18. The van der Waals surface area contributed by atoms with Crippen molar-refractivity contribution in [2.24, 2.45) is 0 Å². The van der Waals surface area contributed by atoms with Crippen molar-refractivity contribution < 1.29 is 22.7 Å². The third-order valence-electron chi connectivity index (χ3n) is 3.66. The minimum Gasteiger partial charge on any atom is -0.493 e. The summed E-state index contributed by atoms with van der Waals surface area (Å²) in [6, 6.07) is 5.72. The molecule has 0 saturated carbocycles. The zero-order chi connectivity index (χ0) is 21.1. The first-order valence-corrected chi connectivity index (χ1v) is 10.4. The lowest BCUT2D eigenvalue weighted by atomic mass is 10.3. The lowest BCUT2D eigenvalue weighted by Crippen LogP contribution is -2.41.